The van der Waals surface area contributed by atoms with Crippen LogP contribution in [0.2, 0.25) is 0 Å². The molecule has 0 saturated heterocycles. The van der Waals surface area contributed by atoms with Crippen molar-refractivity contribution < 1.29 is 13.7 Å². The fraction of sp³-hybridized carbons (Fsp3) is 0.409. The van der Waals surface area contributed by atoms with Crippen molar-refractivity contribution in [2.75, 3.05) is 17.6 Å². The molecule has 0 amide bonds. The van der Waals surface area contributed by atoms with Crippen molar-refractivity contribution in [3.05, 3.63) is 54.1 Å². The second-order valence-electron chi connectivity index (χ2n) is 4.43. The molecule has 5 heteroatoms. The minimum Gasteiger partial charge on any atom is -0.462 e. The first-order chi connectivity index (χ1) is 13.1. The van der Waals surface area contributed by atoms with E-state index in [1.54, 1.807) is 25.3 Å². The van der Waals surface area contributed by atoms with E-state index >= 15 is 0 Å². The van der Waals surface area contributed by atoms with Gasteiger partial charge in [-0.15, -0.1) is 0 Å². The lowest BCUT2D eigenvalue weighted by molar-refractivity contribution is 0.0526. The van der Waals surface area contributed by atoms with Gasteiger partial charge in [-0.1, -0.05) is 65.8 Å². The van der Waals surface area contributed by atoms with Crippen molar-refractivity contribution in [2.24, 2.45) is 0 Å². The standard InChI is InChI=1S/C16H17NO3S.3C2H6/c1-3-20-16(18)13-9-7-12(8-10-13)14-5-4-6-15(11-14)17-21(2)19;3*1-2/h4-11,17H,3H2,1-2H3;3*1-2H3. The maximum atomic E-state index is 11.6. The first kappa shape index (κ1) is 27.1. The number of hydrogen-bond acceptors (Lipinski definition) is 3. The lowest BCUT2D eigenvalue weighted by Crippen LogP contribution is -2.04. The van der Waals surface area contributed by atoms with E-state index in [4.69, 9.17) is 4.74 Å². The van der Waals surface area contributed by atoms with Crippen molar-refractivity contribution >= 4 is 22.6 Å². The van der Waals surface area contributed by atoms with E-state index in [0.29, 0.717) is 12.2 Å². The van der Waals surface area contributed by atoms with Gasteiger partial charge in [-0.2, -0.15) is 0 Å². The minimum absolute atomic E-state index is 0.319. The molecule has 0 radical (unpaired) electrons. The van der Waals surface area contributed by atoms with Gasteiger partial charge in [-0.25, -0.2) is 9.00 Å². The molecule has 0 aliphatic heterocycles. The van der Waals surface area contributed by atoms with Gasteiger partial charge in [0.1, 0.15) is 11.0 Å². The Morgan fingerprint density at radius 3 is 1.96 bits per heavy atom. The number of rotatable bonds is 5. The van der Waals surface area contributed by atoms with Gasteiger partial charge in [0, 0.05) is 11.9 Å². The zero-order valence-electron chi connectivity index (χ0n) is 18.0. The fourth-order valence-corrected chi connectivity index (χ4v) is 2.40. The van der Waals surface area contributed by atoms with Crippen LogP contribution < -0.4 is 4.72 Å². The maximum absolute atomic E-state index is 11.6. The van der Waals surface area contributed by atoms with Crippen molar-refractivity contribution in [3.63, 3.8) is 0 Å². The van der Waals surface area contributed by atoms with Crippen molar-refractivity contribution in [1.29, 1.82) is 0 Å². The summed E-state index contributed by atoms with van der Waals surface area (Å²) >= 11 is 0. The molecule has 0 spiro atoms. The zero-order valence-corrected chi connectivity index (χ0v) is 18.8. The van der Waals surface area contributed by atoms with E-state index in [9.17, 15) is 9.00 Å². The van der Waals surface area contributed by atoms with Crippen LogP contribution in [0.5, 0.6) is 0 Å². The predicted octanol–water partition coefficient (Wildman–Crippen LogP) is 6.31. The summed E-state index contributed by atoms with van der Waals surface area (Å²) in [6.07, 6.45) is 1.58. The summed E-state index contributed by atoms with van der Waals surface area (Å²) in [5.41, 5.74) is 3.29. The molecule has 0 aliphatic carbocycles. The molecule has 0 heterocycles. The molecule has 2 rings (SSSR count). The molecule has 2 aromatic rings. The molecule has 4 nitrogen and oxygen atoms in total. The molecule has 0 saturated carbocycles. The Morgan fingerprint density at radius 2 is 1.48 bits per heavy atom. The van der Waals surface area contributed by atoms with Crippen LogP contribution >= 0.6 is 0 Å². The summed E-state index contributed by atoms with van der Waals surface area (Å²) in [6, 6.07) is 14.9. The topological polar surface area (TPSA) is 55.4 Å². The van der Waals surface area contributed by atoms with E-state index in [0.717, 1.165) is 16.8 Å². The Morgan fingerprint density at radius 1 is 0.926 bits per heavy atom. The fourth-order valence-electron chi connectivity index (χ4n) is 1.94. The summed E-state index contributed by atoms with van der Waals surface area (Å²) < 4.78 is 19.0. The second-order valence-corrected chi connectivity index (χ2v) is 5.55. The van der Waals surface area contributed by atoms with Crippen LogP contribution in [-0.2, 0) is 15.7 Å². The van der Waals surface area contributed by atoms with Gasteiger partial charge in [0.15, 0.2) is 0 Å². The molecule has 0 bridgehead atoms. The van der Waals surface area contributed by atoms with Crippen LogP contribution in [0.4, 0.5) is 5.69 Å². The number of nitrogens with one attached hydrogen (secondary N) is 1. The third kappa shape index (κ3) is 10.6. The van der Waals surface area contributed by atoms with Crippen LogP contribution in [0, 0.1) is 0 Å². The van der Waals surface area contributed by atoms with Crippen LogP contribution in [0.25, 0.3) is 11.1 Å². The highest BCUT2D eigenvalue weighted by molar-refractivity contribution is 7.85. The summed E-state index contributed by atoms with van der Waals surface area (Å²) in [7, 11) is -1.10. The SMILES string of the molecule is CC.CC.CC.CCOC(=O)c1ccc(-c2cccc(NS(C)=O)c2)cc1. The first-order valence-electron chi connectivity index (χ1n) is 9.58. The van der Waals surface area contributed by atoms with E-state index in [-0.39, 0.29) is 5.97 Å². The molecule has 1 N–H and O–H groups in total. The van der Waals surface area contributed by atoms with Crippen LogP contribution in [0.3, 0.4) is 0 Å². The van der Waals surface area contributed by atoms with Gasteiger partial charge in [-0.05, 0) is 42.3 Å². The average molecular weight is 394 g/mol. The number of esters is 1. The molecular weight excluding hydrogens is 358 g/mol. The largest absolute Gasteiger partial charge is 0.462 e. The molecule has 152 valence electrons. The third-order valence-corrected chi connectivity index (χ3v) is 3.38. The van der Waals surface area contributed by atoms with Gasteiger partial charge in [0.05, 0.1) is 12.2 Å². The molecule has 2 aromatic carbocycles. The molecule has 1 unspecified atom stereocenters. The average Bonchev–Trinajstić information content (AvgIpc) is 2.72. The monoisotopic (exact) mass is 393 g/mol. The second kappa shape index (κ2) is 17.3. The van der Waals surface area contributed by atoms with Crippen LogP contribution in [-0.4, -0.2) is 23.0 Å². The van der Waals surface area contributed by atoms with Gasteiger partial charge in [0.25, 0.3) is 0 Å². The number of benzene rings is 2. The molecule has 27 heavy (non-hydrogen) atoms. The highest BCUT2D eigenvalue weighted by atomic mass is 32.2. The van der Waals surface area contributed by atoms with E-state index in [1.165, 1.54) is 0 Å². The van der Waals surface area contributed by atoms with E-state index in [1.807, 2.05) is 77.9 Å². The lowest BCUT2D eigenvalue weighted by atomic mass is 10.0. The Balaban J connectivity index is 0. The summed E-state index contributed by atoms with van der Waals surface area (Å²) in [5.74, 6) is -0.319. The lowest BCUT2D eigenvalue weighted by Gasteiger charge is -2.07. The third-order valence-electron chi connectivity index (χ3n) is 2.85. The smallest absolute Gasteiger partial charge is 0.338 e. The zero-order chi connectivity index (χ0) is 21.2. The number of carbonyl (C=O) groups excluding carboxylic acids is 1. The van der Waals surface area contributed by atoms with Gasteiger partial charge >= 0.3 is 5.97 Å². The highest BCUT2D eigenvalue weighted by Gasteiger charge is 2.06. The normalized spacial score (nSPS) is 9.78. The van der Waals surface area contributed by atoms with Crippen molar-refractivity contribution in [3.8, 4) is 11.1 Å². The maximum Gasteiger partial charge on any atom is 0.338 e. The Labute approximate surface area is 167 Å². The minimum atomic E-state index is -1.10. The van der Waals surface area contributed by atoms with Crippen LogP contribution in [0.1, 0.15) is 58.8 Å². The number of anilines is 1. The van der Waals surface area contributed by atoms with Gasteiger partial charge in [0.2, 0.25) is 0 Å². The first-order valence-corrected chi connectivity index (χ1v) is 11.1. The molecule has 0 aromatic heterocycles. The molecule has 0 fully saturated rings. The molecular formula is C22H35NO3S. The summed E-state index contributed by atoms with van der Waals surface area (Å²) in [6.45, 7) is 14.1. The number of carbonyl (C=O) groups is 1. The van der Waals surface area contributed by atoms with E-state index in [2.05, 4.69) is 4.72 Å². The molecule has 1 atom stereocenters. The number of hydrogen-bond donors (Lipinski definition) is 1. The molecule has 0 aliphatic rings. The number of ether oxygens (including phenoxy) is 1. The van der Waals surface area contributed by atoms with Crippen LogP contribution in [0.15, 0.2) is 48.5 Å². The predicted molar refractivity (Wildman–Crippen MR) is 120 cm³/mol. The van der Waals surface area contributed by atoms with Crippen molar-refractivity contribution in [2.45, 2.75) is 48.5 Å². The highest BCUT2D eigenvalue weighted by Crippen LogP contribution is 2.23. The Hall–Kier alpha value is -2.14. The van der Waals surface area contributed by atoms with Crippen molar-refractivity contribution in [1.82, 2.24) is 0 Å². The van der Waals surface area contributed by atoms with Gasteiger partial charge < -0.3 is 9.46 Å². The van der Waals surface area contributed by atoms with Gasteiger partial charge in [-0.3, -0.25) is 0 Å². The van der Waals surface area contributed by atoms with E-state index < -0.39 is 11.0 Å². The Kier molecular flexibility index (Phi) is 17.3. The Bertz CT molecular complexity index is 655. The summed E-state index contributed by atoms with van der Waals surface area (Å²) in [5, 5.41) is 0. The quantitative estimate of drug-likeness (QED) is 0.605. The summed E-state index contributed by atoms with van der Waals surface area (Å²) in [4.78, 5) is 11.6.